The van der Waals surface area contributed by atoms with Crippen molar-refractivity contribution in [2.45, 2.75) is 12.6 Å². The van der Waals surface area contributed by atoms with Crippen LogP contribution < -0.4 is 14.2 Å². The zero-order chi connectivity index (χ0) is 15.4. The maximum atomic E-state index is 5.87. The second-order valence-electron chi connectivity index (χ2n) is 5.31. The van der Waals surface area contributed by atoms with Gasteiger partial charge in [-0.25, -0.2) is 0 Å². The molecule has 0 N–H and O–H groups in total. The molecule has 0 unspecified atom stereocenters. The van der Waals surface area contributed by atoms with Crippen molar-refractivity contribution in [1.29, 1.82) is 0 Å². The average Bonchev–Trinajstić information content (AvgIpc) is 2.53. The van der Waals surface area contributed by atoms with E-state index in [2.05, 4.69) is 16.0 Å². The molecule has 3 rings (SSSR count). The molecular weight excluding hydrogens is 280 g/mol. The molecule has 1 aliphatic rings. The van der Waals surface area contributed by atoms with Gasteiger partial charge in [0.05, 0.1) is 14.2 Å². The number of likely N-dealkylation sites (tertiary alicyclic amines) is 1. The minimum atomic E-state index is 0.252. The van der Waals surface area contributed by atoms with E-state index in [1.807, 2.05) is 24.3 Å². The molecule has 2 heterocycles. The van der Waals surface area contributed by atoms with E-state index >= 15 is 0 Å². The first kappa shape index (κ1) is 14.7. The Kier molecular flexibility index (Phi) is 4.44. The second kappa shape index (κ2) is 6.66. The van der Waals surface area contributed by atoms with Crippen LogP contribution in [0.25, 0.3) is 0 Å². The highest BCUT2D eigenvalue weighted by molar-refractivity contribution is 5.42. The Morgan fingerprint density at radius 1 is 1.05 bits per heavy atom. The number of benzene rings is 1. The summed E-state index contributed by atoms with van der Waals surface area (Å²) in [7, 11) is 3.30. The molecule has 0 atom stereocenters. The molecule has 5 nitrogen and oxygen atoms in total. The van der Waals surface area contributed by atoms with Gasteiger partial charge in [-0.3, -0.25) is 9.88 Å². The average molecular weight is 300 g/mol. The van der Waals surface area contributed by atoms with Crippen molar-refractivity contribution in [3.05, 3.63) is 48.3 Å². The molecule has 0 spiro atoms. The van der Waals surface area contributed by atoms with Crippen LogP contribution in [0, 0.1) is 0 Å². The Balaban J connectivity index is 1.52. The number of pyridine rings is 1. The molecule has 0 saturated carbocycles. The van der Waals surface area contributed by atoms with Crippen LogP contribution in [0.15, 0.2) is 42.7 Å². The van der Waals surface area contributed by atoms with Crippen molar-refractivity contribution in [3.8, 4) is 17.2 Å². The fourth-order valence-corrected chi connectivity index (χ4v) is 2.57. The van der Waals surface area contributed by atoms with E-state index in [9.17, 15) is 0 Å². The number of methoxy groups -OCH3 is 2. The third-order valence-electron chi connectivity index (χ3n) is 3.73. The molecule has 116 valence electrons. The fourth-order valence-electron chi connectivity index (χ4n) is 2.57. The van der Waals surface area contributed by atoms with E-state index in [0.717, 1.165) is 36.9 Å². The molecule has 1 aromatic heterocycles. The largest absolute Gasteiger partial charge is 0.493 e. The standard InChI is InChI=1S/C17H20N2O3/c1-20-16-4-3-13(9-17(16)21-2)10-19-11-15(12-19)22-14-5-7-18-8-6-14/h3-9,15H,10-12H2,1-2H3. The molecule has 0 aliphatic carbocycles. The Hall–Kier alpha value is -2.27. The summed E-state index contributed by atoms with van der Waals surface area (Å²) in [6.07, 6.45) is 3.74. The summed E-state index contributed by atoms with van der Waals surface area (Å²) < 4.78 is 16.5. The van der Waals surface area contributed by atoms with Crippen molar-refractivity contribution in [2.75, 3.05) is 27.3 Å². The summed E-state index contributed by atoms with van der Waals surface area (Å²) in [5.41, 5.74) is 1.21. The first-order chi connectivity index (χ1) is 10.8. The molecule has 1 fully saturated rings. The van der Waals surface area contributed by atoms with Gasteiger partial charge in [-0.15, -0.1) is 0 Å². The molecule has 0 radical (unpaired) electrons. The predicted molar refractivity (Wildman–Crippen MR) is 83.5 cm³/mol. The van der Waals surface area contributed by atoms with Crippen molar-refractivity contribution < 1.29 is 14.2 Å². The minimum Gasteiger partial charge on any atom is -0.493 e. The van der Waals surface area contributed by atoms with Crippen LogP contribution in [0.5, 0.6) is 17.2 Å². The van der Waals surface area contributed by atoms with Gasteiger partial charge >= 0.3 is 0 Å². The van der Waals surface area contributed by atoms with Gasteiger partial charge in [-0.2, -0.15) is 0 Å². The maximum absolute atomic E-state index is 5.87. The molecule has 5 heteroatoms. The Labute approximate surface area is 130 Å². The van der Waals surface area contributed by atoms with Crippen molar-refractivity contribution in [3.63, 3.8) is 0 Å². The molecule has 1 aromatic carbocycles. The quantitative estimate of drug-likeness (QED) is 0.819. The zero-order valence-corrected chi connectivity index (χ0v) is 12.9. The van der Waals surface area contributed by atoms with Gasteiger partial charge < -0.3 is 14.2 Å². The number of hydrogen-bond donors (Lipinski definition) is 0. The number of hydrogen-bond acceptors (Lipinski definition) is 5. The van der Waals surface area contributed by atoms with Crippen molar-refractivity contribution in [1.82, 2.24) is 9.88 Å². The first-order valence-electron chi connectivity index (χ1n) is 7.28. The molecular formula is C17H20N2O3. The van der Waals surface area contributed by atoms with Gasteiger partial charge in [0.1, 0.15) is 11.9 Å². The number of rotatable bonds is 6. The normalized spacial score (nSPS) is 15.2. The highest BCUT2D eigenvalue weighted by Crippen LogP contribution is 2.29. The highest BCUT2D eigenvalue weighted by Gasteiger charge is 2.28. The van der Waals surface area contributed by atoms with E-state index in [4.69, 9.17) is 14.2 Å². The smallest absolute Gasteiger partial charge is 0.161 e. The Morgan fingerprint density at radius 2 is 1.77 bits per heavy atom. The number of aromatic nitrogens is 1. The zero-order valence-electron chi connectivity index (χ0n) is 12.9. The van der Waals surface area contributed by atoms with E-state index in [1.54, 1.807) is 26.6 Å². The molecule has 1 aliphatic heterocycles. The van der Waals surface area contributed by atoms with Crippen molar-refractivity contribution in [2.24, 2.45) is 0 Å². The van der Waals surface area contributed by atoms with Crippen LogP contribution >= 0.6 is 0 Å². The lowest BCUT2D eigenvalue weighted by molar-refractivity contribution is 0.0145. The third kappa shape index (κ3) is 3.31. The number of ether oxygens (including phenoxy) is 3. The number of nitrogens with zero attached hydrogens (tertiary/aromatic N) is 2. The van der Waals surface area contributed by atoms with Gasteiger partial charge in [0, 0.05) is 32.0 Å². The lowest BCUT2D eigenvalue weighted by Crippen LogP contribution is -2.53. The predicted octanol–water partition coefficient (Wildman–Crippen LogP) is 2.36. The van der Waals surface area contributed by atoms with Crippen molar-refractivity contribution >= 4 is 0 Å². The van der Waals surface area contributed by atoms with Gasteiger partial charge in [0.15, 0.2) is 11.5 Å². The second-order valence-corrected chi connectivity index (χ2v) is 5.31. The van der Waals surface area contributed by atoms with Gasteiger partial charge in [0.25, 0.3) is 0 Å². The summed E-state index contributed by atoms with van der Waals surface area (Å²) in [6, 6.07) is 9.81. The van der Waals surface area contributed by atoms with E-state index in [0.29, 0.717) is 0 Å². The molecule has 2 aromatic rings. The maximum Gasteiger partial charge on any atom is 0.161 e. The topological polar surface area (TPSA) is 43.8 Å². The lowest BCUT2D eigenvalue weighted by Gasteiger charge is -2.39. The fraction of sp³-hybridized carbons (Fsp3) is 0.353. The Morgan fingerprint density at radius 3 is 2.45 bits per heavy atom. The molecule has 0 bridgehead atoms. The summed E-state index contributed by atoms with van der Waals surface area (Å²) >= 11 is 0. The lowest BCUT2D eigenvalue weighted by atomic mass is 10.1. The van der Waals surface area contributed by atoms with Gasteiger partial charge in [-0.1, -0.05) is 6.07 Å². The van der Waals surface area contributed by atoms with Gasteiger partial charge in [0.2, 0.25) is 0 Å². The van der Waals surface area contributed by atoms with Crippen LogP contribution in [0.3, 0.4) is 0 Å². The van der Waals surface area contributed by atoms with Crippen LogP contribution in [-0.4, -0.2) is 43.3 Å². The van der Waals surface area contributed by atoms with Crippen LogP contribution in [-0.2, 0) is 6.54 Å². The summed E-state index contributed by atoms with van der Waals surface area (Å²) in [5.74, 6) is 2.41. The summed E-state index contributed by atoms with van der Waals surface area (Å²) in [6.45, 7) is 2.74. The van der Waals surface area contributed by atoms with E-state index < -0.39 is 0 Å². The van der Waals surface area contributed by atoms with Crippen LogP contribution in [0.1, 0.15) is 5.56 Å². The summed E-state index contributed by atoms with van der Waals surface area (Å²) in [4.78, 5) is 6.33. The van der Waals surface area contributed by atoms with Gasteiger partial charge in [-0.05, 0) is 29.8 Å². The third-order valence-corrected chi connectivity index (χ3v) is 3.73. The SMILES string of the molecule is COc1ccc(CN2CC(Oc3ccncc3)C2)cc1OC. The minimum absolute atomic E-state index is 0.252. The molecule has 1 saturated heterocycles. The van der Waals surface area contributed by atoms with E-state index in [1.165, 1.54) is 5.56 Å². The van der Waals surface area contributed by atoms with Crippen LogP contribution in [0.2, 0.25) is 0 Å². The van der Waals surface area contributed by atoms with E-state index in [-0.39, 0.29) is 6.10 Å². The van der Waals surface area contributed by atoms with Crippen LogP contribution in [0.4, 0.5) is 0 Å². The molecule has 22 heavy (non-hydrogen) atoms. The summed E-state index contributed by atoms with van der Waals surface area (Å²) in [5, 5.41) is 0. The molecule has 0 amide bonds. The highest BCUT2D eigenvalue weighted by atomic mass is 16.5. The first-order valence-corrected chi connectivity index (χ1v) is 7.28. The monoisotopic (exact) mass is 300 g/mol. The Bertz CT molecular complexity index is 613.